The van der Waals surface area contributed by atoms with Crippen LogP contribution in [0, 0.1) is 0 Å². The SMILES string of the molecule is CCNC(=NCCc1nc(-c2cccc(Cl)c2)no1)N(C)Cc1cn(C)nc1C(C)C.I. The van der Waals surface area contributed by atoms with Gasteiger partial charge in [-0.3, -0.25) is 9.67 Å². The van der Waals surface area contributed by atoms with Crippen molar-refractivity contribution in [3.8, 4) is 11.4 Å². The predicted octanol–water partition coefficient (Wildman–Crippen LogP) is 4.50. The van der Waals surface area contributed by atoms with Crippen LogP contribution < -0.4 is 5.32 Å². The first kappa shape index (κ1) is 26.1. The van der Waals surface area contributed by atoms with E-state index in [4.69, 9.17) is 21.1 Å². The summed E-state index contributed by atoms with van der Waals surface area (Å²) >= 11 is 6.04. The van der Waals surface area contributed by atoms with E-state index in [1.165, 1.54) is 5.56 Å². The van der Waals surface area contributed by atoms with Gasteiger partial charge in [-0.15, -0.1) is 24.0 Å². The Bertz CT molecular complexity index is 1030. The lowest BCUT2D eigenvalue weighted by Crippen LogP contribution is -2.38. The van der Waals surface area contributed by atoms with E-state index in [0.29, 0.717) is 35.6 Å². The fourth-order valence-corrected chi connectivity index (χ4v) is 3.51. The Kier molecular flexibility index (Phi) is 9.95. The second-order valence-corrected chi connectivity index (χ2v) is 8.17. The zero-order chi connectivity index (χ0) is 22.4. The van der Waals surface area contributed by atoms with Crippen molar-refractivity contribution < 1.29 is 4.52 Å². The van der Waals surface area contributed by atoms with E-state index in [1.54, 1.807) is 0 Å². The molecule has 0 spiro atoms. The molecule has 0 radical (unpaired) electrons. The van der Waals surface area contributed by atoms with Crippen molar-refractivity contribution in [2.75, 3.05) is 20.1 Å². The number of benzene rings is 1. The van der Waals surface area contributed by atoms with Gasteiger partial charge < -0.3 is 14.7 Å². The van der Waals surface area contributed by atoms with Gasteiger partial charge in [0, 0.05) is 56.0 Å². The first-order valence-electron chi connectivity index (χ1n) is 10.5. The summed E-state index contributed by atoms with van der Waals surface area (Å²) in [5.74, 6) is 2.28. The lowest BCUT2D eigenvalue weighted by Gasteiger charge is -2.22. The fraction of sp³-hybridized carbons (Fsp3) is 0.455. The van der Waals surface area contributed by atoms with E-state index in [2.05, 4.69) is 52.4 Å². The summed E-state index contributed by atoms with van der Waals surface area (Å²) in [5.41, 5.74) is 3.15. The third-order valence-electron chi connectivity index (χ3n) is 4.73. The normalized spacial score (nSPS) is 11.5. The molecule has 32 heavy (non-hydrogen) atoms. The molecule has 0 unspecified atom stereocenters. The molecule has 2 heterocycles. The van der Waals surface area contributed by atoms with Crippen LogP contribution in [0.25, 0.3) is 11.4 Å². The highest BCUT2D eigenvalue weighted by Crippen LogP contribution is 2.20. The molecule has 0 aliphatic carbocycles. The van der Waals surface area contributed by atoms with Gasteiger partial charge in [0.05, 0.1) is 12.2 Å². The number of guanidine groups is 1. The first-order chi connectivity index (χ1) is 14.9. The summed E-state index contributed by atoms with van der Waals surface area (Å²) in [6.07, 6.45) is 2.63. The zero-order valence-electron chi connectivity index (χ0n) is 19.2. The smallest absolute Gasteiger partial charge is 0.228 e. The van der Waals surface area contributed by atoms with E-state index >= 15 is 0 Å². The van der Waals surface area contributed by atoms with Crippen LogP contribution in [0.4, 0.5) is 0 Å². The predicted molar refractivity (Wildman–Crippen MR) is 139 cm³/mol. The van der Waals surface area contributed by atoms with Gasteiger partial charge in [0.15, 0.2) is 5.96 Å². The number of aryl methyl sites for hydroxylation is 1. The Balaban J connectivity index is 0.00000363. The molecule has 8 nitrogen and oxygen atoms in total. The van der Waals surface area contributed by atoms with Crippen LogP contribution in [0.3, 0.4) is 0 Å². The third-order valence-corrected chi connectivity index (χ3v) is 4.96. The van der Waals surface area contributed by atoms with Gasteiger partial charge in [0.25, 0.3) is 0 Å². The molecule has 2 aromatic heterocycles. The average Bonchev–Trinajstić information content (AvgIpc) is 3.34. The second kappa shape index (κ2) is 12.2. The van der Waals surface area contributed by atoms with E-state index < -0.39 is 0 Å². The van der Waals surface area contributed by atoms with E-state index in [-0.39, 0.29) is 24.0 Å². The molecular weight excluding hydrogens is 541 g/mol. The Hall–Kier alpha value is -2.14. The standard InChI is InChI=1S/C22H30ClN7O.HI/c1-6-24-22(29(4)13-17-14-30(5)27-20(17)15(2)3)25-11-10-19-26-21(28-31-19)16-8-7-9-18(23)12-16;/h7-9,12,14-15H,6,10-11,13H2,1-5H3,(H,24,25);1H. The quantitative estimate of drug-likeness (QED) is 0.243. The lowest BCUT2D eigenvalue weighted by atomic mass is 10.1. The van der Waals surface area contributed by atoms with Crippen LogP contribution in [-0.4, -0.2) is 50.9 Å². The van der Waals surface area contributed by atoms with Crippen LogP contribution in [-0.2, 0) is 20.0 Å². The summed E-state index contributed by atoms with van der Waals surface area (Å²) in [5, 5.41) is 12.6. The Labute approximate surface area is 211 Å². The summed E-state index contributed by atoms with van der Waals surface area (Å²) < 4.78 is 7.25. The number of nitrogens with one attached hydrogen (secondary N) is 1. The van der Waals surface area contributed by atoms with Crippen LogP contribution in [0.5, 0.6) is 0 Å². The first-order valence-corrected chi connectivity index (χ1v) is 10.9. The fourth-order valence-electron chi connectivity index (χ4n) is 3.32. The number of aliphatic imine (C=N–C) groups is 1. The third kappa shape index (κ3) is 6.93. The minimum atomic E-state index is 0. The second-order valence-electron chi connectivity index (χ2n) is 7.73. The highest BCUT2D eigenvalue weighted by Gasteiger charge is 2.15. The molecule has 0 amide bonds. The molecule has 174 valence electrons. The van der Waals surface area contributed by atoms with Gasteiger partial charge in [0.1, 0.15) is 0 Å². The van der Waals surface area contributed by atoms with Crippen molar-refractivity contribution in [2.45, 2.75) is 39.7 Å². The molecule has 3 aromatic rings. The molecule has 0 atom stereocenters. The maximum absolute atomic E-state index is 6.04. The molecule has 1 aromatic carbocycles. The number of hydrogen-bond donors (Lipinski definition) is 1. The highest BCUT2D eigenvalue weighted by molar-refractivity contribution is 14.0. The molecular formula is C22H31ClIN7O. The maximum Gasteiger partial charge on any atom is 0.228 e. The van der Waals surface area contributed by atoms with Crippen molar-refractivity contribution in [1.82, 2.24) is 30.1 Å². The molecule has 3 rings (SSSR count). The monoisotopic (exact) mass is 571 g/mol. The minimum Gasteiger partial charge on any atom is -0.357 e. The molecule has 0 bridgehead atoms. The van der Waals surface area contributed by atoms with E-state index in [1.807, 2.05) is 43.0 Å². The van der Waals surface area contributed by atoms with Crippen LogP contribution in [0.1, 0.15) is 43.8 Å². The van der Waals surface area contributed by atoms with Crippen LogP contribution in [0.2, 0.25) is 5.02 Å². The number of nitrogens with zero attached hydrogens (tertiary/aromatic N) is 6. The van der Waals surface area contributed by atoms with Gasteiger partial charge in [0.2, 0.25) is 11.7 Å². The van der Waals surface area contributed by atoms with Gasteiger partial charge in [-0.1, -0.05) is 42.7 Å². The molecule has 10 heteroatoms. The summed E-state index contributed by atoms with van der Waals surface area (Å²) in [6, 6.07) is 7.40. The van der Waals surface area contributed by atoms with Gasteiger partial charge in [-0.25, -0.2) is 0 Å². The van der Waals surface area contributed by atoms with Gasteiger partial charge in [-0.2, -0.15) is 10.1 Å². The van der Waals surface area contributed by atoms with Crippen LogP contribution >= 0.6 is 35.6 Å². The maximum atomic E-state index is 6.04. The number of halogens is 2. The Morgan fingerprint density at radius 3 is 2.81 bits per heavy atom. The molecule has 0 saturated heterocycles. The van der Waals surface area contributed by atoms with Crippen molar-refractivity contribution in [2.24, 2.45) is 12.0 Å². The molecule has 0 aliphatic rings. The average molecular weight is 572 g/mol. The topological polar surface area (TPSA) is 84.4 Å². The zero-order valence-corrected chi connectivity index (χ0v) is 22.3. The molecule has 0 aliphatic heterocycles. The Morgan fingerprint density at radius 1 is 1.34 bits per heavy atom. The summed E-state index contributed by atoms with van der Waals surface area (Å²) in [6.45, 7) is 8.43. The number of aromatic nitrogens is 4. The summed E-state index contributed by atoms with van der Waals surface area (Å²) in [7, 11) is 3.99. The van der Waals surface area contributed by atoms with Crippen molar-refractivity contribution in [1.29, 1.82) is 0 Å². The van der Waals surface area contributed by atoms with Gasteiger partial charge in [-0.05, 0) is 25.0 Å². The number of rotatable bonds is 8. The summed E-state index contributed by atoms with van der Waals surface area (Å²) in [4.78, 5) is 11.3. The molecule has 1 N–H and O–H groups in total. The van der Waals surface area contributed by atoms with Crippen molar-refractivity contribution in [3.05, 3.63) is 52.6 Å². The Morgan fingerprint density at radius 2 is 2.12 bits per heavy atom. The molecule has 0 saturated carbocycles. The van der Waals surface area contributed by atoms with E-state index in [0.717, 1.165) is 30.3 Å². The largest absolute Gasteiger partial charge is 0.357 e. The lowest BCUT2D eigenvalue weighted by molar-refractivity contribution is 0.380. The van der Waals surface area contributed by atoms with Gasteiger partial charge >= 0.3 is 0 Å². The number of hydrogen-bond acceptors (Lipinski definition) is 5. The van der Waals surface area contributed by atoms with Crippen molar-refractivity contribution >= 4 is 41.5 Å². The highest BCUT2D eigenvalue weighted by atomic mass is 127. The molecule has 0 fully saturated rings. The van der Waals surface area contributed by atoms with E-state index in [9.17, 15) is 0 Å². The minimum absolute atomic E-state index is 0. The van der Waals surface area contributed by atoms with Crippen molar-refractivity contribution in [3.63, 3.8) is 0 Å². The van der Waals surface area contributed by atoms with Crippen LogP contribution in [0.15, 0.2) is 40.0 Å².